The monoisotopic (exact) mass is 279 g/mol. The second kappa shape index (κ2) is 4.37. The average molecular weight is 280 g/mol. The minimum absolute atomic E-state index is 0.342. The van der Waals surface area contributed by atoms with Crippen LogP contribution < -0.4 is 5.32 Å². The molecule has 0 aliphatic heterocycles. The molecule has 0 saturated carbocycles. The van der Waals surface area contributed by atoms with Crippen LogP contribution in [0.5, 0.6) is 0 Å². The van der Waals surface area contributed by atoms with E-state index in [1.54, 1.807) is 0 Å². The van der Waals surface area contributed by atoms with E-state index in [1.807, 2.05) is 12.3 Å². The van der Waals surface area contributed by atoms with Crippen molar-refractivity contribution in [2.75, 3.05) is 5.32 Å². The second-order valence-electron chi connectivity index (χ2n) is 4.15. The van der Waals surface area contributed by atoms with Gasteiger partial charge in [0.25, 0.3) is 0 Å². The summed E-state index contributed by atoms with van der Waals surface area (Å²) in [6, 6.07) is 4.45. The van der Waals surface area contributed by atoms with Gasteiger partial charge in [0.15, 0.2) is 0 Å². The molecule has 4 heteroatoms. The number of aryl methyl sites for hydroxylation is 1. The minimum Gasteiger partial charge on any atom is -0.352 e. The van der Waals surface area contributed by atoms with E-state index in [-0.39, 0.29) is 0 Å². The minimum atomic E-state index is 0.342. The topological polar surface area (TPSA) is 37.8 Å². The molecule has 16 heavy (non-hydrogen) atoms. The molecule has 1 heterocycles. The Kier molecular flexibility index (Phi) is 3.10. The summed E-state index contributed by atoms with van der Waals surface area (Å²) in [5, 5.41) is 4.24. The van der Waals surface area contributed by atoms with Crippen LogP contribution in [0.2, 0.25) is 0 Å². The molecule has 0 radical (unpaired) electrons. The summed E-state index contributed by atoms with van der Waals surface area (Å²) in [4.78, 5) is 8.75. The van der Waals surface area contributed by atoms with Gasteiger partial charge in [0.05, 0.1) is 5.52 Å². The second-order valence-corrected chi connectivity index (χ2v) is 5.01. The van der Waals surface area contributed by atoms with Crippen LogP contribution in [0, 0.1) is 6.92 Å². The number of rotatable bonds is 2. The number of aromatic nitrogens is 2. The number of hydrogen-bond acceptors (Lipinski definition) is 3. The molecular formula is C12H14BrN3. The number of anilines is 1. The van der Waals surface area contributed by atoms with Crippen LogP contribution in [0.1, 0.15) is 19.4 Å². The van der Waals surface area contributed by atoms with E-state index in [0.29, 0.717) is 12.0 Å². The molecule has 0 spiro atoms. The van der Waals surface area contributed by atoms with Crippen molar-refractivity contribution in [2.24, 2.45) is 0 Å². The summed E-state index contributed by atoms with van der Waals surface area (Å²) in [7, 11) is 0. The number of benzene rings is 1. The molecule has 3 nitrogen and oxygen atoms in total. The number of nitrogens with one attached hydrogen (secondary N) is 1. The molecule has 0 bridgehead atoms. The lowest BCUT2D eigenvalue weighted by atomic mass is 10.2. The fraction of sp³-hybridized carbons (Fsp3) is 0.333. The molecular weight excluding hydrogens is 266 g/mol. The number of hydrogen-bond donors (Lipinski definition) is 1. The maximum atomic E-state index is 4.47. The van der Waals surface area contributed by atoms with Gasteiger partial charge in [-0.05, 0) is 38.5 Å². The fourth-order valence-corrected chi connectivity index (χ4v) is 1.84. The van der Waals surface area contributed by atoms with E-state index >= 15 is 0 Å². The van der Waals surface area contributed by atoms with Gasteiger partial charge in [-0.25, -0.2) is 9.97 Å². The predicted octanol–water partition coefficient (Wildman–Crippen LogP) is 3.52. The molecule has 0 saturated heterocycles. The molecule has 0 amide bonds. The van der Waals surface area contributed by atoms with Crippen molar-refractivity contribution in [1.29, 1.82) is 0 Å². The lowest BCUT2D eigenvalue weighted by molar-refractivity contribution is 0.878. The zero-order valence-corrected chi connectivity index (χ0v) is 11.2. The summed E-state index contributed by atoms with van der Waals surface area (Å²) in [5.74, 6) is 0.684. The normalized spacial score (nSPS) is 11.1. The smallest absolute Gasteiger partial charge is 0.223 e. The summed E-state index contributed by atoms with van der Waals surface area (Å²) in [6.45, 7) is 6.20. The Morgan fingerprint density at radius 2 is 2.06 bits per heavy atom. The Morgan fingerprint density at radius 1 is 1.31 bits per heavy atom. The molecule has 1 N–H and O–H groups in total. The van der Waals surface area contributed by atoms with Crippen molar-refractivity contribution >= 4 is 32.8 Å². The van der Waals surface area contributed by atoms with Crippen molar-refractivity contribution in [1.82, 2.24) is 9.97 Å². The molecule has 2 aromatic rings. The van der Waals surface area contributed by atoms with Crippen molar-refractivity contribution in [3.8, 4) is 0 Å². The van der Waals surface area contributed by atoms with E-state index in [0.717, 1.165) is 15.4 Å². The zero-order valence-electron chi connectivity index (χ0n) is 9.58. The molecule has 0 unspecified atom stereocenters. The van der Waals surface area contributed by atoms with Gasteiger partial charge in [-0.15, -0.1) is 0 Å². The maximum absolute atomic E-state index is 4.47. The van der Waals surface area contributed by atoms with Gasteiger partial charge in [0, 0.05) is 22.1 Å². The molecule has 0 aliphatic rings. The van der Waals surface area contributed by atoms with E-state index in [4.69, 9.17) is 0 Å². The van der Waals surface area contributed by atoms with Gasteiger partial charge in [-0.1, -0.05) is 15.9 Å². The van der Waals surface area contributed by atoms with Crippen LogP contribution in [0.3, 0.4) is 0 Å². The molecule has 1 aromatic heterocycles. The standard InChI is InChI=1S/C12H14BrN3/c1-7(2)15-12-14-6-9-5-10(13)8(3)4-11(9)16-12/h4-7H,1-3H3,(H,14,15,16). The average Bonchev–Trinajstić information content (AvgIpc) is 2.19. The first-order chi connectivity index (χ1) is 7.56. The van der Waals surface area contributed by atoms with Gasteiger partial charge in [-0.3, -0.25) is 0 Å². The Labute approximate surface area is 103 Å². The van der Waals surface area contributed by atoms with Crippen LogP contribution in [0.4, 0.5) is 5.95 Å². The molecule has 0 fully saturated rings. The van der Waals surface area contributed by atoms with Gasteiger partial charge in [0.2, 0.25) is 5.95 Å². The molecule has 84 valence electrons. The van der Waals surface area contributed by atoms with Gasteiger partial charge in [0.1, 0.15) is 0 Å². The molecule has 0 aliphatic carbocycles. The van der Waals surface area contributed by atoms with Crippen molar-refractivity contribution < 1.29 is 0 Å². The third kappa shape index (κ3) is 2.32. The Morgan fingerprint density at radius 3 is 2.75 bits per heavy atom. The van der Waals surface area contributed by atoms with Crippen LogP contribution in [0.15, 0.2) is 22.8 Å². The lowest BCUT2D eigenvalue weighted by Crippen LogP contribution is -2.12. The third-order valence-electron chi connectivity index (χ3n) is 2.28. The quantitative estimate of drug-likeness (QED) is 0.914. The summed E-state index contributed by atoms with van der Waals surface area (Å²) in [6.07, 6.45) is 1.84. The Hall–Kier alpha value is -1.16. The van der Waals surface area contributed by atoms with E-state index in [2.05, 4.69) is 58.1 Å². The SMILES string of the molecule is Cc1cc2nc(NC(C)C)ncc2cc1Br. The van der Waals surface area contributed by atoms with Crippen molar-refractivity contribution in [2.45, 2.75) is 26.8 Å². The van der Waals surface area contributed by atoms with Crippen LogP contribution in [-0.4, -0.2) is 16.0 Å². The van der Waals surface area contributed by atoms with Crippen LogP contribution >= 0.6 is 15.9 Å². The molecule has 2 rings (SSSR count). The third-order valence-corrected chi connectivity index (χ3v) is 3.13. The van der Waals surface area contributed by atoms with Crippen LogP contribution in [-0.2, 0) is 0 Å². The highest BCUT2D eigenvalue weighted by Gasteiger charge is 2.03. The first-order valence-electron chi connectivity index (χ1n) is 5.25. The first kappa shape index (κ1) is 11.3. The van der Waals surface area contributed by atoms with E-state index in [1.165, 1.54) is 5.56 Å². The summed E-state index contributed by atoms with van der Waals surface area (Å²) < 4.78 is 1.09. The van der Waals surface area contributed by atoms with Crippen LogP contribution in [0.25, 0.3) is 10.9 Å². The van der Waals surface area contributed by atoms with Gasteiger partial charge in [-0.2, -0.15) is 0 Å². The fourth-order valence-electron chi connectivity index (χ4n) is 1.48. The number of fused-ring (bicyclic) bond motifs is 1. The Bertz CT molecular complexity index is 523. The highest BCUT2D eigenvalue weighted by Crippen LogP contribution is 2.22. The number of nitrogens with zero attached hydrogens (tertiary/aromatic N) is 2. The largest absolute Gasteiger partial charge is 0.352 e. The summed E-state index contributed by atoms with van der Waals surface area (Å²) >= 11 is 3.50. The highest BCUT2D eigenvalue weighted by molar-refractivity contribution is 9.10. The van der Waals surface area contributed by atoms with Crippen molar-refractivity contribution in [3.05, 3.63) is 28.4 Å². The van der Waals surface area contributed by atoms with Crippen molar-refractivity contribution in [3.63, 3.8) is 0 Å². The lowest BCUT2D eigenvalue weighted by Gasteiger charge is -2.09. The zero-order chi connectivity index (χ0) is 11.7. The van der Waals surface area contributed by atoms with E-state index in [9.17, 15) is 0 Å². The van der Waals surface area contributed by atoms with E-state index < -0.39 is 0 Å². The molecule has 1 aromatic carbocycles. The highest BCUT2D eigenvalue weighted by atomic mass is 79.9. The number of halogens is 1. The first-order valence-corrected chi connectivity index (χ1v) is 6.05. The Balaban J connectivity index is 2.49. The predicted molar refractivity (Wildman–Crippen MR) is 70.7 cm³/mol. The molecule has 0 atom stereocenters. The summed E-state index contributed by atoms with van der Waals surface area (Å²) in [5.41, 5.74) is 2.15. The maximum Gasteiger partial charge on any atom is 0.223 e. The van der Waals surface area contributed by atoms with Gasteiger partial charge < -0.3 is 5.32 Å². The van der Waals surface area contributed by atoms with Gasteiger partial charge >= 0.3 is 0 Å².